The van der Waals surface area contributed by atoms with E-state index in [1.54, 1.807) is 12.1 Å². The molecule has 2 N–H and O–H groups in total. The van der Waals surface area contributed by atoms with Gasteiger partial charge in [0.25, 0.3) is 5.91 Å². The Morgan fingerprint density at radius 2 is 1.89 bits per heavy atom. The van der Waals surface area contributed by atoms with Crippen LogP contribution in [-0.2, 0) is 11.3 Å². The molecule has 2 aromatic rings. The topological polar surface area (TPSA) is 61.4 Å². The van der Waals surface area contributed by atoms with Crippen LogP contribution in [0.15, 0.2) is 30.3 Å². The number of hydrogen-bond donors (Lipinski definition) is 2. The third-order valence-corrected chi connectivity index (χ3v) is 7.03. The van der Waals surface area contributed by atoms with Crippen molar-refractivity contribution in [3.8, 4) is 0 Å². The summed E-state index contributed by atoms with van der Waals surface area (Å²) >= 11 is 3.33. The Hall–Kier alpha value is -1.83. The maximum Gasteiger partial charge on any atom is 0.265 e. The molecule has 1 saturated carbocycles. The van der Waals surface area contributed by atoms with Gasteiger partial charge in [-0.15, -0.1) is 11.3 Å². The van der Waals surface area contributed by atoms with Crippen LogP contribution in [0.2, 0.25) is 0 Å². The Kier molecular flexibility index (Phi) is 6.04. The Bertz CT molecular complexity index is 870. The van der Waals surface area contributed by atoms with Crippen molar-refractivity contribution in [3.05, 3.63) is 46.3 Å². The third kappa shape index (κ3) is 4.96. The van der Waals surface area contributed by atoms with E-state index in [4.69, 9.17) is 0 Å². The number of anilines is 2. The van der Waals surface area contributed by atoms with Crippen LogP contribution in [-0.4, -0.2) is 41.3 Å². The van der Waals surface area contributed by atoms with Crippen LogP contribution in [0.1, 0.15) is 33.6 Å². The smallest absolute Gasteiger partial charge is 0.265 e. The van der Waals surface area contributed by atoms with Gasteiger partial charge in [0, 0.05) is 42.7 Å². The second-order valence-corrected chi connectivity index (χ2v) is 9.73. The summed E-state index contributed by atoms with van der Waals surface area (Å²) in [6, 6.07) is 9.87. The third-order valence-electron chi connectivity index (χ3n) is 5.08. The molecule has 1 aromatic heterocycles. The van der Waals surface area contributed by atoms with Crippen molar-refractivity contribution in [1.29, 1.82) is 0 Å². The lowest BCUT2D eigenvalue weighted by molar-refractivity contribution is -0.117. The fraction of sp³-hybridized carbons (Fsp3) is 0.429. The van der Waals surface area contributed by atoms with Crippen molar-refractivity contribution in [2.45, 2.75) is 26.3 Å². The van der Waals surface area contributed by atoms with E-state index in [0.717, 1.165) is 48.7 Å². The largest absolute Gasteiger partial charge is 0.321 e. The SMILES string of the molecule is Cc1ccc(CN2CCSCC2)cc1NC(=O)c1ccc(NC(=O)C2CC2)s1. The second kappa shape index (κ2) is 8.68. The molecular formula is C21H25N3O2S2. The zero-order chi connectivity index (χ0) is 19.5. The van der Waals surface area contributed by atoms with E-state index in [2.05, 4.69) is 33.7 Å². The van der Waals surface area contributed by atoms with Crippen LogP contribution in [0, 0.1) is 12.8 Å². The molecule has 0 radical (unpaired) electrons. The van der Waals surface area contributed by atoms with E-state index in [9.17, 15) is 9.59 Å². The highest BCUT2D eigenvalue weighted by atomic mass is 32.2. The van der Waals surface area contributed by atoms with Gasteiger partial charge in [0.15, 0.2) is 0 Å². The lowest BCUT2D eigenvalue weighted by atomic mass is 10.1. The normalized spacial score (nSPS) is 17.3. The molecule has 7 heteroatoms. The van der Waals surface area contributed by atoms with Crippen LogP contribution in [0.4, 0.5) is 10.7 Å². The fourth-order valence-electron chi connectivity index (χ4n) is 3.20. The highest BCUT2D eigenvalue weighted by Crippen LogP contribution is 2.32. The van der Waals surface area contributed by atoms with Crippen LogP contribution in [0.3, 0.4) is 0 Å². The van der Waals surface area contributed by atoms with Crippen molar-refractivity contribution in [2.75, 3.05) is 35.2 Å². The van der Waals surface area contributed by atoms with Gasteiger partial charge in [-0.25, -0.2) is 0 Å². The minimum Gasteiger partial charge on any atom is -0.321 e. The quantitative estimate of drug-likeness (QED) is 0.742. The monoisotopic (exact) mass is 415 g/mol. The number of hydrogen-bond acceptors (Lipinski definition) is 5. The van der Waals surface area contributed by atoms with Crippen LogP contribution in [0.5, 0.6) is 0 Å². The Balaban J connectivity index is 1.40. The zero-order valence-corrected chi connectivity index (χ0v) is 17.6. The minimum absolute atomic E-state index is 0.0634. The summed E-state index contributed by atoms with van der Waals surface area (Å²) in [6.45, 7) is 5.16. The Morgan fingerprint density at radius 3 is 2.64 bits per heavy atom. The number of thioether (sulfide) groups is 1. The van der Waals surface area contributed by atoms with Gasteiger partial charge in [0.2, 0.25) is 5.91 Å². The second-order valence-electron chi connectivity index (χ2n) is 7.42. The molecule has 1 saturated heterocycles. The first kappa shape index (κ1) is 19.5. The van der Waals surface area contributed by atoms with Crippen LogP contribution in [0.25, 0.3) is 0 Å². The number of benzene rings is 1. The Morgan fingerprint density at radius 1 is 1.11 bits per heavy atom. The predicted molar refractivity (Wildman–Crippen MR) is 117 cm³/mol. The van der Waals surface area contributed by atoms with E-state index in [-0.39, 0.29) is 17.7 Å². The first-order valence-corrected chi connectivity index (χ1v) is 11.7. The van der Waals surface area contributed by atoms with Crippen molar-refractivity contribution in [3.63, 3.8) is 0 Å². The number of thiophene rings is 1. The van der Waals surface area contributed by atoms with Gasteiger partial charge >= 0.3 is 0 Å². The Labute approximate surface area is 173 Å². The highest BCUT2D eigenvalue weighted by Gasteiger charge is 2.29. The first-order chi connectivity index (χ1) is 13.6. The van der Waals surface area contributed by atoms with Crippen molar-refractivity contribution in [1.82, 2.24) is 4.90 Å². The average Bonchev–Trinajstić information content (AvgIpc) is 3.45. The summed E-state index contributed by atoms with van der Waals surface area (Å²) < 4.78 is 0. The molecule has 0 bridgehead atoms. The predicted octanol–water partition coefficient (Wildman–Crippen LogP) is 4.21. The summed E-state index contributed by atoms with van der Waals surface area (Å²) in [5.74, 6) is 2.46. The van der Waals surface area contributed by atoms with E-state index in [1.165, 1.54) is 28.4 Å². The molecule has 1 aliphatic carbocycles. The molecule has 148 valence electrons. The fourth-order valence-corrected chi connectivity index (χ4v) is 4.98. The van der Waals surface area contributed by atoms with Gasteiger partial charge < -0.3 is 10.6 Å². The van der Waals surface area contributed by atoms with Gasteiger partial charge in [0.1, 0.15) is 0 Å². The molecule has 2 aliphatic rings. The van der Waals surface area contributed by atoms with Crippen LogP contribution >= 0.6 is 23.1 Å². The standard InChI is InChI=1S/C21H25N3O2S2/c1-14-2-3-15(13-24-8-10-27-11-9-24)12-17(14)22-21(26)18-6-7-19(28-18)23-20(25)16-4-5-16/h2-3,6-7,12,16H,4-5,8-11,13H2,1H3,(H,22,26)(H,23,25). The summed E-state index contributed by atoms with van der Waals surface area (Å²) in [5, 5.41) is 6.68. The first-order valence-electron chi connectivity index (χ1n) is 9.70. The molecule has 0 spiro atoms. The zero-order valence-electron chi connectivity index (χ0n) is 16.0. The molecule has 2 amide bonds. The number of nitrogens with one attached hydrogen (secondary N) is 2. The van der Waals surface area contributed by atoms with E-state index >= 15 is 0 Å². The van der Waals surface area contributed by atoms with Gasteiger partial charge in [-0.1, -0.05) is 12.1 Å². The lowest BCUT2D eigenvalue weighted by Crippen LogP contribution is -2.32. The minimum atomic E-state index is -0.133. The molecule has 0 unspecified atom stereocenters. The van der Waals surface area contributed by atoms with Crippen molar-refractivity contribution >= 4 is 45.6 Å². The van der Waals surface area contributed by atoms with Gasteiger partial charge in [-0.05, 0) is 49.1 Å². The van der Waals surface area contributed by atoms with Crippen molar-refractivity contribution < 1.29 is 9.59 Å². The number of rotatable bonds is 6. The lowest BCUT2D eigenvalue weighted by Gasteiger charge is -2.26. The molecule has 1 aliphatic heterocycles. The number of amides is 2. The molecule has 2 fully saturated rings. The summed E-state index contributed by atoms with van der Waals surface area (Å²) in [5.41, 5.74) is 3.12. The molecule has 5 nitrogen and oxygen atoms in total. The van der Waals surface area contributed by atoms with E-state index in [0.29, 0.717) is 4.88 Å². The molecular weight excluding hydrogens is 390 g/mol. The van der Waals surface area contributed by atoms with Gasteiger partial charge in [-0.3, -0.25) is 14.5 Å². The number of carbonyl (C=O) groups excluding carboxylic acids is 2. The van der Waals surface area contributed by atoms with Gasteiger partial charge in [-0.2, -0.15) is 11.8 Å². The molecule has 2 heterocycles. The maximum absolute atomic E-state index is 12.7. The summed E-state index contributed by atoms with van der Waals surface area (Å²) in [6.07, 6.45) is 1.94. The average molecular weight is 416 g/mol. The molecule has 4 rings (SSSR count). The van der Waals surface area contributed by atoms with Gasteiger partial charge in [0.05, 0.1) is 9.88 Å². The number of nitrogens with zero attached hydrogens (tertiary/aromatic N) is 1. The van der Waals surface area contributed by atoms with E-state index < -0.39 is 0 Å². The number of carbonyl (C=O) groups is 2. The summed E-state index contributed by atoms with van der Waals surface area (Å²) in [4.78, 5) is 27.6. The molecule has 0 atom stereocenters. The highest BCUT2D eigenvalue weighted by molar-refractivity contribution is 7.99. The van der Waals surface area contributed by atoms with E-state index in [1.807, 2.05) is 18.7 Å². The number of aryl methyl sites for hydroxylation is 1. The van der Waals surface area contributed by atoms with Crippen molar-refractivity contribution in [2.24, 2.45) is 5.92 Å². The molecule has 1 aromatic carbocycles. The van der Waals surface area contributed by atoms with Crippen LogP contribution < -0.4 is 10.6 Å². The summed E-state index contributed by atoms with van der Waals surface area (Å²) in [7, 11) is 0. The maximum atomic E-state index is 12.7. The molecule has 28 heavy (non-hydrogen) atoms.